The zero-order chi connectivity index (χ0) is 39.3. The summed E-state index contributed by atoms with van der Waals surface area (Å²) >= 11 is 6.75. The number of sulfonamides is 1. The first-order valence-electron chi connectivity index (χ1n) is 16.0. The molecular formula is C36H31ClF4N6O6S. The Morgan fingerprint density at radius 1 is 1.04 bits per heavy atom. The number of aromatic nitrogens is 4. The Balaban J connectivity index is 1.65. The minimum atomic E-state index is -4.05. The Morgan fingerprint density at radius 2 is 1.70 bits per heavy atom. The molecular weight excluding hydrogens is 756 g/mol. The van der Waals surface area contributed by atoms with Gasteiger partial charge < -0.3 is 15.2 Å². The normalized spacial score (nSPS) is 12.6. The molecule has 54 heavy (non-hydrogen) atoms. The van der Waals surface area contributed by atoms with Crippen LogP contribution in [0.1, 0.15) is 35.5 Å². The van der Waals surface area contributed by atoms with Crippen LogP contribution >= 0.6 is 11.6 Å². The van der Waals surface area contributed by atoms with Crippen LogP contribution in [0.2, 0.25) is 5.02 Å². The minimum absolute atomic E-state index is 0.00421. The van der Waals surface area contributed by atoms with Gasteiger partial charge in [-0.25, -0.2) is 40.1 Å². The minimum Gasteiger partial charge on any atom is -0.497 e. The van der Waals surface area contributed by atoms with Crippen LogP contribution in [0.15, 0.2) is 77.6 Å². The second kappa shape index (κ2) is 14.3. The lowest BCUT2D eigenvalue weighted by atomic mass is 10.0. The number of anilines is 1. The Morgan fingerprint density at radius 3 is 2.30 bits per heavy atom. The maximum atomic E-state index is 14.6. The van der Waals surface area contributed by atoms with Gasteiger partial charge in [0.05, 0.1) is 58.5 Å². The fraction of sp³-hybridized carbons (Fsp3) is 0.222. The zero-order valence-electron chi connectivity index (χ0n) is 28.9. The molecule has 282 valence electrons. The molecule has 4 aromatic carbocycles. The van der Waals surface area contributed by atoms with Crippen molar-refractivity contribution in [3.05, 3.63) is 122 Å². The lowest BCUT2D eigenvalue weighted by Crippen LogP contribution is -2.35. The summed E-state index contributed by atoms with van der Waals surface area (Å²) in [5.74, 6) is -5.15. The van der Waals surface area contributed by atoms with Crippen LogP contribution in [0.4, 0.5) is 28.2 Å². The van der Waals surface area contributed by atoms with E-state index in [0.717, 1.165) is 45.5 Å². The first kappa shape index (κ1) is 38.1. The molecule has 0 aliphatic carbocycles. The molecule has 0 saturated carbocycles. The summed E-state index contributed by atoms with van der Waals surface area (Å²) in [5, 5.41) is 16.6. The first-order valence-corrected chi connectivity index (χ1v) is 18.2. The predicted molar refractivity (Wildman–Crippen MR) is 194 cm³/mol. The quantitative estimate of drug-likeness (QED) is 0.136. The molecule has 1 atom stereocenters. The number of rotatable bonds is 11. The Labute approximate surface area is 310 Å². The Bertz CT molecular complexity index is 2590. The number of alkyl halides is 2. The fourth-order valence-corrected chi connectivity index (χ4v) is 7.26. The van der Waals surface area contributed by atoms with Crippen molar-refractivity contribution < 1.29 is 40.6 Å². The number of aryl methyl sites for hydroxylation is 1. The summed E-state index contributed by atoms with van der Waals surface area (Å²) in [6.45, 7) is 0.472. The topological polar surface area (TPSA) is 149 Å². The number of nitrogens with one attached hydrogen (secondary N) is 1. The van der Waals surface area contributed by atoms with Crippen LogP contribution in [0.5, 0.6) is 5.75 Å². The monoisotopic (exact) mass is 786 g/mol. The maximum absolute atomic E-state index is 14.6. The van der Waals surface area contributed by atoms with Crippen molar-refractivity contribution in [3.8, 4) is 11.4 Å². The molecule has 0 aliphatic rings. The van der Waals surface area contributed by atoms with E-state index in [0.29, 0.717) is 24.3 Å². The number of halogens is 5. The van der Waals surface area contributed by atoms with Gasteiger partial charge in [0.2, 0.25) is 10.0 Å². The maximum Gasteiger partial charge on any atom is 0.405 e. The van der Waals surface area contributed by atoms with Crippen molar-refractivity contribution in [3.63, 3.8) is 0 Å². The van der Waals surface area contributed by atoms with Gasteiger partial charge in [0.25, 0.3) is 11.5 Å². The van der Waals surface area contributed by atoms with Gasteiger partial charge in [-0.05, 0) is 59.7 Å². The number of nitrogens with zero attached hydrogens (tertiary/aromatic N) is 5. The smallest absolute Gasteiger partial charge is 0.405 e. The number of hydrogen-bond donors (Lipinski definition) is 2. The van der Waals surface area contributed by atoms with E-state index in [2.05, 4.69) is 15.4 Å². The summed E-state index contributed by atoms with van der Waals surface area (Å²) < 4.78 is 92.7. The highest BCUT2D eigenvalue weighted by Crippen LogP contribution is 2.38. The highest BCUT2D eigenvalue weighted by Gasteiger charge is 2.31. The molecule has 6 aromatic rings. The number of benzene rings is 4. The van der Waals surface area contributed by atoms with Crippen molar-refractivity contribution in [1.29, 1.82) is 0 Å². The molecule has 1 amide bonds. The molecule has 12 nitrogen and oxygen atoms in total. The SMILES string of the molecule is COc1ccc(CN(c2nn(C)c3c(-n4c([C@H](Cc5cc(F)cc(F)c5)NC(=O)O)nc5cc(C(C)(F)F)ccc5c4=O)ccc(Cl)c23)S(C)(=O)=O)cc1. The molecule has 0 radical (unpaired) electrons. The highest BCUT2D eigenvalue weighted by molar-refractivity contribution is 7.92. The summed E-state index contributed by atoms with van der Waals surface area (Å²) in [7, 11) is -1.09. The zero-order valence-corrected chi connectivity index (χ0v) is 30.5. The lowest BCUT2D eigenvalue weighted by Gasteiger charge is -2.23. The van der Waals surface area contributed by atoms with Crippen molar-refractivity contribution in [2.45, 2.75) is 31.9 Å². The standard InChI is InChI=1S/C36H31ClF4N6O6S/c1-36(40,41)21-7-10-25-27(16-21)42-32(28(43-35(49)50)15-20-13-22(38)17-23(39)14-20)47(34(25)48)29-12-11-26(37)30-31(29)45(2)44-33(30)46(54(4,51)52)18-19-5-8-24(53-3)9-6-19/h5-14,16-17,28,43H,15,18H2,1-4H3,(H,49,50)/t28-/m0/s1. The molecule has 2 heterocycles. The number of carbonyl (C=O) groups is 1. The highest BCUT2D eigenvalue weighted by atomic mass is 35.5. The van der Waals surface area contributed by atoms with Gasteiger partial charge in [0, 0.05) is 32.0 Å². The van der Waals surface area contributed by atoms with Gasteiger partial charge in [-0.15, -0.1) is 0 Å². The van der Waals surface area contributed by atoms with Gasteiger partial charge >= 0.3 is 6.09 Å². The van der Waals surface area contributed by atoms with Gasteiger partial charge in [0.15, 0.2) is 5.82 Å². The van der Waals surface area contributed by atoms with E-state index in [1.807, 2.05) is 0 Å². The summed E-state index contributed by atoms with van der Waals surface area (Å²) in [6.07, 6.45) is -1.06. The third-order valence-corrected chi connectivity index (χ3v) is 10.1. The molecule has 2 aromatic heterocycles. The van der Waals surface area contributed by atoms with Gasteiger partial charge in [0.1, 0.15) is 23.2 Å². The van der Waals surface area contributed by atoms with Crippen molar-refractivity contribution in [1.82, 2.24) is 24.6 Å². The molecule has 0 aliphatic heterocycles. The number of methoxy groups -OCH3 is 1. The fourth-order valence-electron chi connectivity index (χ4n) is 6.20. The van der Waals surface area contributed by atoms with Crippen LogP contribution < -0.4 is 19.9 Å². The van der Waals surface area contributed by atoms with E-state index < -0.39 is 57.3 Å². The number of amides is 1. The molecule has 0 saturated heterocycles. The third-order valence-electron chi connectivity index (χ3n) is 8.63. The molecule has 18 heteroatoms. The van der Waals surface area contributed by atoms with Crippen molar-refractivity contribution in [2.24, 2.45) is 7.05 Å². The number of carboxylic acid groups (broad SMARTS) is 1. The molecule has 2 N–H and O–H groups in total. The van der Waals surface area contributed by atoms with Crippen molar-refractivity contribution in [2.75, 3.05) is 17.7 Å². The largest absolute Gasteiger partial charge is 0.497 e. The number of fused-ring (bicyclic) bond motifs is 2. The van der Waals surface area contributed by atoms with E-state index in [1.54, 1.807) is 24.3 Å². The van der Waals surface area contributed by atoms with Crippen LogP contribution in [0, 0.1) is 11.6 Å². The van der Waals surface area contributed by atoms with Gasteiger partial charge in [-0.2, -0.15) is 5.10 Å². The van der Waals surface area contributed by atoms with Crippen LogP contribution in [-0.4, -0.2) is 52.3 Å². The number of hydrogen-bond acceptors (Lipinski definition) is 7. The summed E-state index contributed by atoms with van der Waals surface area (Å²) in [6, 6.07) is 13.7. The third kappa shape index (κ3) is 7.54. The lowest BCUT2D eigenvalue weighted by molar-refractivity contribution is 0.0176. The Kier molecular flexibility index (Phi) is 10.1. The Hall–Kier alpha value is -5.68. The van der Waals surface area contributed by atoms with E-state index in [-0.39, 0.29) is 56.3 Å². The van der Waals surface area contributed by atoms with E-state index >= 15 is 0 Å². The van der Waals surface area contributed by atoms with Crippen LogP contribution in [-0.2, 0) is 36.0 Å². The molecule has 0 spiro atoms. The van der Waals surface area contributed by atoms with E-state index in [4.69, 9.17) is 16.3 Å². The van der Waals surface area contributed by atoms with Gasteiger partial charge in [-0.1, -0.05) is 29.8 Å². The van der Waals surface area contributed by atoms with E-state index in [9.17, 15) is 40.7 Å². The molecule has 0 fully saturated rings. The summed E-state index contributed by atoms with van der Waals surface area (Å²) in [5.41, 5.74) is -0.892. The average molecular weight is 787 g/mol. The summed E-state index contributed by atoms with van der Waals surface area (Å²) in [4.78, 5) is 31.3. The first-order chi connectivity index (χ1) is 25.3. The second-order valence-corrected chi connectivity index (χ2v) is 14.9. The van der Waals surface area contributed by atoms with E-state index in [1.165, 1.54) is 31.0 Å². The molecule has 0 unspecified atom stereocenters. The molecule has 6 rings (SSSR count). The number of ether oxygens (including phenoxy) is 1. The van der Waals surface area contributed by atoms with Crippen LogP contribution in [0.3, 0.4) is 0 Å². The molecule has 0 bridgehead atoms. The predicted octanol–water partition coefficient (Wildman–Crippen LogP) is 6.84. The average Bonchev–Trinajstić information content (AvgIpc) is 3.43. The van der Waals surface area contributed by atoms with Crippen molar-refractivity contribution >= 4 is 55.3 Å². The second-order valence-electron chi connectivity index (χ2n) is 12.6. The van der Waals surface area contributed by atoms with Crippen LogP contribution in [0.25, 0.3) is 27.5 Å². The van der Waals surface area contributed by atoms with Gasteiger partial charge in [-0.3, -0.25) is 14.0 Å².